The van der Waals surface area contributed by atoms with E-state index in [0.29, 0.717) is 18.9 Å². The smallest absolute Gasteiger partial charge is 0.315 e. The van der Waals surface area contributed by atoms with Gasteiger partial charge in [0, 0.05) is 18.2 Å². The van der Waals surface area contributed by atoms with Crippen LogP contribution in [0.2, 0.25) is 0 Å². The first-order valence-corrected chi connectivity index (χ1v) is 7.25. The van der Waals surface area contributed by atoms with Gasteiger partial charge in [-0.3, -0.25) is 4.79 Å². The molecular weight excluding hydrogens is 282 g/mol. The normalized spacial score (nSPS) is 13.5. The number of pyridine rings is 1. The van der Waals surface area contributed by atoms with Gasteiger partial charge in [0.05, 0.1) is 13.2 Å². The van der Waals surface area contributed by atoms with E-state index in [0.717, 1.165) is 22.4 Å². The summed E-state index contributed by atoms with van der Waals surface area (Å²) in [6.07, 6.45) is 2.38. The molecule has 0 bridgehead atoms. The fourth-order valence-corrected chi connectivity index (χ4v) is 2.57. The molecule has 0 aliphatic carbocycles. The number of aromatic nitrogens is 1. The lowest BCUT2D eigenvalue weighted by molar-refractivity contribution is -0.145. The molecule has 1 aromatic heterocycles. The van der Waals surface area contributed by atoms with Crippen molar-refractivity contribution in [1.29, 1.82) is 0 Å². The molecule has 1 N–H and O–H groups in total. The van der Waals surface area contributed by atoms with Crippen LogP contribution in [0.25, 0.3) is 0 Å². The first-order chi connectivity index (χ1) is 10.7. The molecule has 0 saturated heterocycles. The van der Waals surface area contributed by atoms with Crippen LogP contribution in [0.3, 0.4) is 0 Å². The number of carbonyl (C=O) groups is 1. The van der Waals surface area contributed by atoms with Gasteiger partial charge in [-0.05, 0) is 30.2 Å². The first kappa shape index (κ1) is 14.5. The monoisotopic (exact) mass is 299 g/mol. The first-order valence-electron chi connectivity index (χ1n) is 7.25. The van der Waals surface area contributed by atoms with Gasteiger partial charge in [0.15, 0.2) is 0 Å². The van der Waals surface area contributed by atoms with Gasteiger partial charge in [-0.2, -0.15) is 0 Å². The zero-order valence-corrected chi connectivity index (χ0v) is 12.3. The molecular formula is C17H17NO4. The van der Waals surface area contributed by atoms with Crippen LogP contribution in [-0.4, -0.2) is 29.3 Å². The number of benzene rings is 1. The minimum absolute atomic E-state index is 0.281. The highest BCUT2D eigenvalue weighted by Gasteiger charge is 2.24. The fourth-order valence-electron chi connectivity index (χ4n) is 2.57. The number of ether oxygens (including phenoxy) is 2. The van der Waals surface area contributed by atoms with Crippen LogP contribution >= 0.6 is 0 Å². The second-order valence-corrected chi connectivity index (χ2v) is 5.10. The molecule has 22 heavy (non-hydrogen) atoms. The van der Waals surface area contributed by atoms with Gasteiger partial charge < -0.3 is 14.6 Å². The average molecular weight is 299 g/mol. The van der Waals surface area contributed by atoms with Gasteiger partial charge in [0.25, 0.3) is 0 Å². The van der Waals surface area contributed by atoms with Gasteiger partial charge in [0.1, 0.15) is 11.7 Å². The highest BCUT2D eigenvalue weighted by atomic mass is 16.5. The Labute approximate surface area is 128 Å². The lowest BCUT2D eigenvalue weighted by Crippen LogP contribution is -2.19. The molecule has 1 aliphatic rings. The van der Waals surface area contributed by atoms with E-state index in [-0.39, 0.29) is 6.61 Å². The number of carbonyl (C=O) groups excluding carboxylic acids is 1. The molecule has 0 radical (unpaired) electrons. The van der Waals surface area contributed by atoms with Gasteiger partial charge in [-0.25, -0.2) is 4.98 Å². The van der Waals surface area contributed by atoms with Crippen LogP contribution in [0.5, 0.6) is 11.6 Å². The largest absolute Gasteiger partial charge is 0.465 e. The molecule has 1 unspecified atom stereocenters. The second-order valence-electron chi connectivity index (χ2n) is 5.10. The van der Waals surface area contributed by atoms with Crippen molar-refractivity contribution in [2.24, 2.45) is 0 Å². The highest BCUT2D eigenvalue weighted by molar-refractivity contribution is 5.78. The van der Waals surface area contributed by atoms with Gasteiger partial charge >= 0.3 is 5.97 Å². The quantitative estimate of drug-likeness (QED) is 0.749. The summed E-state index contributed by atoms with van der Waals surface area (Å²) >= 11 is 0. The van der Waals surface area contributed by atoms with E-state index in [1.807, 2.05) is 24.3 Å². The van der Waals surface area contributed by atoms with E-state index in [2.05, 4.69) is 4.98 Å². The lowest BCUT2D eigenvalue weighted by atomic mass is 9.94. The maximum Gasteiger partial charge on any atom is 0.315 e. The number of hydrogen-bond donors (Lipinski definition) is 1. The Kier molecular flexibility index (Phi) is 4.06. The van der Waals surface area contributed by atoms with Gasteiger partial charge in [-0.15, -0.1) is 0 Å². The Hall–Kier alpha value is -2.40. The van der Waals surface area contributed by atoms with E-state index < -0.39 is 11.9 Å². The second kappa shape index (κ2) is 6.15. The Morgan fingerprint density at radius 3 is 3.05 bits per heavy atom. The van der Waals surface area contributed by atoms with E-state index in [4.69, 9.17) is 9.47 Å². The van der Waals surface area contributed by atoms with Crippen molar-refractivity contribution in [1.82, 2.24) is 4.98 Å². The summed E-state index contributed by atoms with van der Waals surface area (Å²) in [5.74, 6) is 0.270. The maximum atomic E-state index is 11.9. The number of rotatable bonds is 4. The third kappa shape index (κ3) is 2.67. The predicted molar refractivity (Wildman–Crippen MR) is 80.0 cm³/mol. The Morgan fingerprint density at radius 1 is 1.41 bits per heavy atom. The summed E-state index contributed by atoms with van der Waals surface area (Å²) < 4.78 is 10.8. The van der Waals surface area contributed by atoms with Gasteiger partial charge in [0.2, 0.25) is 5.88 Å². The molecule has 0 spiro atoms. The summed E-state index contributed by atoms with van der Waals surface area (Å²) in [5.41, 5.74) is 2.71. The van der Waals surface area contributed by atoms with Crippen LogP contribution < -0.4 is 4.74 Å². The van der Waals surface area contributed by atoms with Crippen molar-refractivity contribution in [3.8, 4) is 11.6 Å². The Bertz CT molecular complexity index is 699. The topological polar surface area (TPSA) is 68.7 Å². The van der Waals surface area contributed by atoms with Crippen molar-refractivity contribution >= 4 is 5.97 Å². The summed E-state index contributed by atoms with van der Waals surface area (Å²) in [6, 6.07) is 9.32. The zero-order valence-electron chi connectivity index (χ0n) is 12.3. The summed E-state index contributed by atoms with van der Waals surface area (Å²) in [7, 11) is 0. The van der Waals surface area contributed by atoms with Crippen molar-refractivity contribution in [3.63, 3.8) is 0 Å². The SMILES string of the molecule is CCOC(=O)C(CO)c1ccc2c(c1)Cc1cccnc1O2. The predicted octanol–water partition coefficient (Wildman–Crippen LogP) is 2.42. The van der Waals surface area contributed by atoms with Crippen molar-refractivity contribution < 1.29 is 19.4 Å². The van der Waals surface area contributed by atoms with E-state index >= 15 is 0 Å². The molecule has 0 amide bonds. The summed E-state index contributed by atoms with van der Waals surface area (Å²) in [5, 5.41) is 9.50. The number of hydrogen-bond acceptors (Lipinski definition) is 5. The number of esters is 1. The minimum Gasteiger partial charge on any atom is -0.465 e. The zero-order chi connectivity index (χ0) is 15.5. The Balaban J connectivity index is 1.90. The number of aliphatic hydroxyl groups is 1. The van der Waals surface area contributed by atoms with Crippen LogP contribution in [0, 0.1) is 0 Å². The molecule has 1 atom stereocenters. The minimum atomic E-state index is -0.666. The third-order valence-corrected chi connectivity index (χ3v) is 3.68. The molecule has 0 fully saturated rings. The summed E-state index contributed by atoms with van der Waals surface area (Å²) in [6.45, 7) is 1.76. The maximum absolute atomic E-state index is 11.9. The molecule has 1 aromatic carbocycles. The third-order valence-electron chi connectivity index (χ3n) is 3.68. The van der Waals surface area contributed by atoms with Gasteiger partial charge in [-0.1, -0.05) is 18.2 Å². The Morgan fingerprint density at radius 2 is 2.27 bits per heavy atom. The number of nitrogens with zero attached hydrogens (tertiary/aromatic N) is 1. The lowest BCUT2D eigenvalue weighted by Gasteiger charge is -2.21. The molecule has 0 saturated carbocycles. The van der Waals surface area contributed by atoms with E-state index in [1.165, 1.54) is 0 Å². The van der Waals surface area contributed by atoms with Crippen LogP contribution in [0.1, 0.15) is 29.5 Å². The van der Waals surface area contributed by atoms with Crippen molar-refractivity contribution in [2.45, 2.75) is 19.3 Å². The molecule has 2 heterocycles. The molecule has 3 rings (SSSR count). The van der Waals surface area contributed by atoms with Crippen molar-refractivity contribution in [2.75, 3.05) is 13.2 Å². The molecule has 5 nitrogen and oxygen atoms in total. The summed E-state index contributed by atoms with van der Waals surface area (Å²) in [4.78, 5) is 16.1. The standard InChI is InChI=1S/C17H17NO4/c1-2-21-17(20)14(10-19)11-5-6-15-13(8-11)9-12-4-3-7-18-16(12)22-15/h3-8,14,19H,2,9-10H2,1H3. The van der Waals surface area contributed by atoms with Crippen LogP contribution in [0.15, 0.2) is 36.5 Å². The van der Waals surface area contributed by atoms with E-state index in [1.54, 1.807) is 19.2 Å². The number of fused-ring (bicyclic) bond motifs is 2. The molecule has 2 aromatic rings. The van der Waals surface area contributed by atoms with Crippen LogP contribution in [0.4, 0.5) is 0 Å². The van der Waals surface area contributed by atoms with Crippen LogP contribution in [-0.2, 0) is 16.0 Å². The van der Waals surface area contributed by atoms with Crippen molar-refractivity contribution in [3.05, 3.63) is 53.2 Å². The number of aliphatic hydroxyl groups excluding tert-OH is 1. The molecule has 5 heteroatoms. The average Bonchev–Trinajstić information content (AvgIpc) is 2.54. The highest BCUT2D eigenvalue weighted by Crippen LogP contribution is 2.36. The molecule has 114 valence electrons. The fraction of sp³-hybridized carbons (Fsp3) is 0.294. The molecule has 1 aliphatic heterocycles. The van der Waals surface area contributed by atoms with E-state index in [9.17, 15) is 9.90 Å².